The number of hydrogen-bond donors (Lipinski definition) is 2. The molecular formula is C20H30N2O2. The van der Waals surface area contributed by atoms with Crippen LogP contribution in [0.3, 0.4) is 0 Å². The van der Waals surface area contributed by atoms with E-state index >= 15 is 0 Å². The van der Waals surface area contributed by atoms with Crippen LogP contribution < -0.4 is 5.32 Å². The van der Waals surface area contributed by atoms with E-state index in [1.165, 1.54) is 31.2 Å². The van der Waals surface area contributed by atoms with Crippen LogP contribution in [0.2, 0.25) is 0 Å². The summed E-state index contributed by atoms with van der Waals surface area (Å²) >= 11 is 0. The number of carbonyl (C=O) groups excluding carboxylic acids is 1. The molecule has 2 unspecified atom stereocenters. The molecule has 24 heavy (non-hydrogen) atoms. The van der Waals surface area contributed by atoms with Gasteiger partial charge in [0.1, 0.15) is 0 Å². The van der Waals surface area contributed by atoms with Gasteiger partial charge in [-0.15, -0.1) is 0 Å². The smallest absolute Gasteiger partial charge is 0.220 e. The summed E-state index contributed by atoms with van der Waals surface area (Å²) in [6, 6.07) is 10.6. The van der Waals surface area contributed by atoms with Crippen LogP contribution in [0.15, 0.2) is 30.3 Å². The quantitative estimate of drug-likeness (QED) is 0.808. The third-order valence-electron chi connectivity index (χ3n) is 5.52. The van der Waals surface area contributed by atoms with Crippen LogP contribution in [0.1, 0.15) is 50.5 Å². The highest BCUT2D eigenvalue weighted by molar-refractivity contribution is 5.75. The SMILES string of the molecule is O=C(CCC1CCCC1)NCC1CC(O)CN1Cc1ccccc1. The number of nitrogens with zero attached hydrogens (tertiary/aromatic N) is 1. The number of hydrogen-bond acceptors (Lipinski definition) is 3. The summed E-state index contributed by atoms with van der Waals surface area (Å²) in [4.78, 5) is 14.4. The van der Waals surface area contributed by atoms with Gasteiger partial charge in [0.2, 0.25) is 5.91 Å². The molecule has 0 radical (unpaired) electrons. The number of aliphatic hydroxyl groups is 1. The van der Waals surface area contributed by atoms with Crippen molar-refractivity contribution in [3.8, 4) is 0 Å². The standard InChI is InChI=1S/C20H30N2O2/c23-19-12-18(22(15-19)14-17-8-2-1-3-9-17)13-21-20(24)11-10-16-6-4-5-7-16/h1-3,8-9,16,18-19,23H,4-7,10-15H2,(H,21,24). The maximum Gasteiger partial charge on any atom is 0.220 e. The van der Waals surface area contributed by atoms with Gasteiger partial charge < -0.3 is 10.4 Å². The second-order valence-corrected chi connectivity index (χ2v) is 7.45. The highest BCUT2D eigenvalue weighted by atomic mass is 16.3. The van der Waals surface area contributed by atoms with Gasteiger partial charge >= 0.3 is 0 Å². The molecular weight excluding hydrogens is 300 g/mol. The monoisotopic (exact) mass is 330 g/mol. The predicted octanol–water partition coefficient (Wildman–Crippen LogP) is 2.71. The Morgan fingerprint density at radius 3 is 2.71 bits per heavy atom. The highest BCUT2D eigenvalue weighted by Gasteiger charge is 2.31. The van der Waals surface area contributed by atoms with E-state index in [1.807, 2.05) is 18.2 Å². The van der Waals surface area contributed by atoms with Crippen LogP contribution in [0, 0.1) is 5.92 Å². The first-order chi connectivity index (χ1) is 11.7. The Morgan fingerprint density at radius 1 is 1.21 bits per heavy atom. The van der Waals surface area contributed by atoms with Crippen molar-refractivity contribution in [2.75, 3.05) is 13.1 Å². The van der Waals surface area contributed by atoms with Gasteiger partial charge in [0.05, 0.1) is 6.10 Å². The molecule has 3 rings (SSSR count). The molecule has 1 amide bonds. The molecule has 1 saturated carbocycles. The van der Waals surface area contributed by atoms with Gasteiger partial charge in [-0.2, -0.15) is 0 Å². The number of aliphatic hydroxyl groups excluding tert-OH is 1. The molecule has 4 nitrogen and oxygen atoms in total. The van der Waals surface area contributed by atoms with E-state index < -0.39 is 0 Å². The number of likely N-dealkylation sites (tertiary alicyclic amines) is 1. The molecule has 0 bridgehead atoms. The Hall–Kier alpha value is -1.39. The first kappa shape index (κ1) is 17.4. The Bertz CT molecular complexity index is 514. The minimum atomic E-state index is -0.283. The van der Waals surface area contributed by atoms with Crippen molar-refractivity contribution in [3.05, 3.63) is 35.9 Å². The van der Waals surface area contributed by atoms with Gasteiger partial charge in [-0.25, -0.2) is 0 Å². The summed E-state index contributed by atoms with van der Waals surface area (Å²) in [6.07, 6.45) is 7.41. The number of nitrogens with one attached hydrogen (secondary N) is 1. The molecule has 4 heteroatoms. The summed E-state index contributed by atoms with van der Waals surface area (Å²) in [5, 5.41) is 13.1. The lowest BCUT2D eigenvalue weighted by atomic mass is 10.0. The minimum absolute atomic E-state index is 0.169. The average molecular weight is 330 g/mol. The number of benzene rings is 1. The molecule has 1 saturated heterocycles. The minimum Gasteiger partial charge on any atom is -0.392 e. The lowest BCUT2D eigenvalue weighted by Gasteiger charge is -2.24. The molecule has 1 aliphatic heterocycles. The maximum atomic E-state index is 12.1. The molecule has 0 spiro atoms. The Morgan fingerprint density at radius 2 is 1.96 bits per heavy atom. The summed E-state index contributed by atoms with van der Waals surface area (Å²) in [7, 11) is 0. The van der Waals surface area contributed by atoms with E-state index in [4.69, 9.17) is 0 Å². The Kier molecular flexibility index (Phi) is 6.27. The van der Waals surface area contributed by atoms with E-state index in [1.54, 1.807) is 0 Å². The first-order valence-corrected chi connectivity index (χ1v) is 9.43. The zero-order valence-electron chi connectivity index (χ0n) is 14.5. The third-order valence-corrected chi connectivity index (χ3v) is 5.52. The molecule has 2 atom stereocenters. The van der Waals surface area contributed by atoms with Crippen molar-refractivity contribution in [2.45, 2.75) is 63.6 Å². The first-order valence-electron chi connectivity index (χ1n) is 9.43. The molecule has 2 fully saturated rings. The van der Waals surface area contributed by atoms with Gasteiger partial charge in [-0.3, -0.25) is 9.69 Å². The molecule has 1 heterocycles. The summed E-state index contributed by atoms with van der Waals surface area (Å²) in [5.74, 6) is 0.932. The summed E-state index contributed by atoms with van der Waals surface area (Å²) in [6.45, 7) is 2.17. The van der Waals surface area contributed by atoms with Gasteiger partial charge in [-0.05, 0) is 24.3 Å². The van der Waals surface area contributed by atoms with Crippen molar-refractivity contribution in [1.82, 2.24) is 10.2 Å². The fourth-order valence-electron chi connectivity index (χ4n) is 4.14. The zero-order valence-corrected chi connectivity index (χ0v) is 14.5. The van der Waals surface area contributed by atoms with Crippen molar-refractivity contribution < 1.29 is 9.90 Å². The largest absolute Gasteiger partial charge is 0.392 e. The Balaban J connectivity index is 1.43. The van der Waals surface area contributed by atoms with Gasteiger partial charge in [0, 0.05) is 32.1 Å². The number of β-amino-alcohol motifs (C(OH)–C–C–N with tert-alkyl or cyclic N) is 1. The molecule has 1 aliphatic carbocycles. The fraction of sp³-hybridized carbons (Fsp3) is 0.650. The predicted molar refractivity (Wildman–Crippen MR) is 95.5 cm³/mol. The van der Waals surface area contributed by atoms with Crippen molar-refractivity contribution >= 4 is 5.91 Å². The topological polar surface area (TPSA) is 52.6 Å². The number of rotatable bonds is 7. The van der Waals surface area contributed by atoms with E-state index in [9.17, 15) is 9.90 Å². The summed E-state index contributed by atoms with van der Waals surface area (Å²) < 4.78 is 0. The number of amides is 1. The average Bonchev–Trinajstić information content (AvgIpc) is 3.22. The van der Waals surface area contributed by atoms with E-state index in [2.05, 4.69) is 22.3 Å². The third kappa shape index (κ3) is 5.05. The van der Waals surface area contributed by atoms with Crippen LogP contribution in [-0.4, -0.2) is 41.1 Å². The second kappa shape index (κ2) is 8.63. The second-order valence-electron chi connectivity index (χ2n) is 7.45. The highest BCUT2D eigenvalue weighted by Crippen LogP contribution is 2.28. The molecule has 2 aliphatic rings. The lowest BCUT2D eigenvalue weighted by Crippen LogP contribution is -2.39. The van der Waals surface area contributed by atoms with Gasteiger partial charge in [0.25, 0.3) is 0 Å². The molecule has 132 valence electrons. The molecule has 1 aromatic carbocycles. The van der Waals surface area contributed by atoms with Crippen LogP contribution in [-0.2, 0) is 11.3 Å². The fourth-order valence-corrected chi connectivity index (χ4v) is 4.14. The van der Waals surface area contributed by atoms with Gasteiger partial charge in [-0.1, -0.05) is 56.0 Å². The molecule has 2 N–H and O–H groups in total. The van der Waals surface area contributed by atoms with E-state index in [0.29, 0.717) is 19.5 Å². The maximum absolute atomic E-state index is 12.1. The van der Waals surface area contributed by atoms with Crippen LogP contribution in [0.4, 0.5) is 0 Å². The van der Waals surface area contributed by atoms with E-state index in [-0.39, 0.29) is 18.1 Å². The van der Waals surface area contributed by atoms with Crippen molar-refractivity contribution in [2.24, 2.45) is 5.92 Å². The van der Waals surface area contributed by atoms with Crippen LogP contribution in [0.25, 0.3) is 0 Å². The van der Waals surface area contributed by atoms with Gasteiger partial charge in [0.15, 0.2) is 0 Å². The number of carbonyl (C=O) groups is 1. The summed E-state index contributed by atoms with van der Waals surface area (Å²) in [5.41, 5.74) is 1.25. The molecule has 1 aromatic rings. The Labute approximate surface area is 145 Å². The normalized spacial score (nSPS) is 25.2. The lowest BCUT2D eigenvalue weighted by molar-refractivity contribution is -0.121. The van der Waals surface area contributed by atoms with Crippen molar-refractivity contribution in [1.29, 1.82) is 0 Å². The van der Waals surface area contributed by atoms with Crippen LogP contribution >= 0.6 is 0 Å². The zero-order chi connectivity index (χ0) is 16.8. The van der Waals surface area contributed by atoms with Crippen LogP contribution in [0.5, 0.6) is 0 Å². The van der Waals surface area contributed by atoms with Crippen molar-refractivity contribution in [3.63, 3.8) is 0 Å². The molecule has 0 aromatic heterocycles. The van der Waals surface area contributed by atoms with E-state index in [0.717, 1.165) is 25.3 Å².